The number of fused-ring (bicyclic) bond motifs is 2. The third-order valence-corrected chi connectivity index (χ3v) is 7.44. The standard InChI is InChI=1S/C31H31N5O3/c1-35-13-15-36(16-14-35)19-20-3-7-24(8-4-20)33-29(22-6-10-26-21(17-22)11-12-32-26)28-25-9-5-23(31(38)39-2)18-27(25)34-30(28)37/h3-12,17-18,32,34,37H,13-16,19H2,1-2H3. The molecule has 5 aromatic rings. The Morgan fingerprint density at radius 2 is 1.72 bits per heavy atom. The predicted molar refractivity (Wildman–Crippen MR) is 154 cm³/mol. The van der Waals surface area contributed by atoms with Crippen LogP contribution in [0.2, 0.25) is 0 Å². The molecular formula is C31H31N5O3. The molecule has 1 aliphatic heterocycles. The quantitative estimate of drug-likeness (QED) is 0.214. The predicted octanol–water partition coefficient (Wildman–Crippen LogP) is 5.06. The van der Waals surface area contributed by atoms with Crippen LogP contribution in [-0.2, 0) is 11.3 Å². The number of carbonyl (C=O) groups is 1. The summed E-state index contributed by atoms with van der Waals surface area (Å²) in [4.78, 5) is 28.2. The van der Waals surface area contributed by atoms with E-state index >= 15 is 0 Å². The van der Waals surface area contributed by atoms with E-state index in [9.17, 15) is 9.90 Å². The van der Waals surface area contributed by atoms with Gasteiger partial charge in [-0.2, -0.15) is 0 Å². The van der Waals surface area contributed by atoms with Crippen molar-refractivity contribution in [1.29, 1.82) is 0 Å². The SMILES string of the molecule is COC(=O)c1ccc2c(C(=Nc3ccc(CN4CCN(C)CC4)cc3)c3ccc4[nH]ccc4c3)c(O)[nH]c2c1. The summed E-state index contributed by atoms with van der Waals surface area (Å²) in [7, 11) is 3.52. The van der Waals surface area contributed by atoms with E-state index in [1.807, 2.05) is 42.6 Å². The molecule has 0 radical (unpaired) electrons. The number of nitrogens with zero attached hydrogens (tertiary/aromatic N) is 3. The molecule has 0 unspecified atom stereocenters. The Morgan fingerprint density at radius 3 is 2.49 bits per heavy atom. The van der Waals surface area contributed by atoms with Crippen LogP contribution in [0.3, 0.4) is 0 Å². The number of rotatable bonds is 6. The maximum Gasteiger partial charge on any atom is 0.337 e. The number of aromatic nitrogens is 2. The average molecular weight is 522 g/mol. The van der Waals surface area contributed by atoms with E-state index in [-0.39, 0.29) is 5.88 Å². The largest absolute Gasteiger partial charge is 0.494 e. The van der Waals surface area contributed by atoms with Crippen molar-refractivity contribution in [1.82, 2.24) is 19.8 Å². The number of hydrogen-bond donors (Lipinski definition) is 3. The van der Waals surface area contributed by atoms with Crippen LogP contribution in [0.4, 0.5) is 5.69 Å². The molecule has 8 nitrogen and oxygen atoms in total. The Balaban J connectivity index is 1.40. The van der Waals surface area contributed by atoms with E-state index < -0.39 is 5.97 Å². The van der Waals surface area contributed by atoms with Gasteiger partial charge in [-0.1, -0.05) is 24.3 Å². The number of H-pyrrole nitrogens is 2. The summed E-state index contributed by atoms with van der Waals surface area (Å²) >= 11 is 0. The van der Waals surface area contributed by atoms with Gasteiger partial charge < -0.3 is 24.7 Å². The lowest BCUT2D eigenvalue weighted by atomic mass is 9.99. The molecule has 0 bridgehead atoms. The van der Waals surface area contributed by atoms with Crippen LogP contribution in [0.5, 0.6) is 5.88 Å². The van der Waals surface area contributed by atoms with E-state index in [2.05, 4.69) is 45.0 Å². The maximum absolute atomic E-state index is 12.1. The van der Waals surface area contributed by atoms with Gasteiger partial charge in [0.1, 0.15) is 0 Å². The Bertz CT molecular complexity index is 1670. The lowest BCUT2D eigenvalue weighted by Gasteiger charge is -2.32. The van der Waals surface area contributed by atoms with Crippen LogP contribution in [0.25, 0.3) is 21.8 Å². The third-order valence-electron chi connectivity index (χ3n) is 7.44. The molecule has 0 amide bonds. The molecule has 6 rings (SSSR count). The number of ether oxygens (including phenoxy) is 1. The van der Waals surface area contributed by atoms with Gasteiger partial charge in [-0.3, -0.25) is 4.90 Å². The molecule has 3 aromatic carbocycles. The number of benzene rings is 3. The zero-order chi connectivity index (χ0) is 26.9. The van der Waals surface area contributed by atoms with Gasteiger partial charge in [0, 0.05) is 66.3 Å². The lowest BCUT2D eigenvalue weighted by molar-refractivity contribution is 0.0601. The number of aromatic hydroxyl groups is 1. The van der Waals surface area contributed by atoms with E-state index in [1.54, 1.807) is 12.1 Å². The molecule has 0 atom stereocenters. The Morgan fingerprint density at radius 1 is 0.949 bits per heavy atom. The first-order chi connectivity index (χ1) is 19.0. The second kappa shape index (κ2) is 10.4. The van der Waals surface area contributed by atoms with Crippen LogP contribution in [0.1, 0.15) is 27.0 Å². The van der Waals surface area contributed by atoms with Gasteiger partial charge >= 0.3 is 5.97 Å². The van der Waals surface area contributed by atoms with Crippen molar-refractivity contribution in [2.45, 2.75) is 6.54 Å². The molecule has 39 heavy (non-hydrogen) atoms. The second-order valence-electron chi connectivity index (χ2n) is 10.1. The normalized spacial score (nSPS) is 15.3. The molecule has 0 saturated carbocycles. The monoisotopic (exact) mass is 521 g/mol. The van der Waals surface area contributed by atoms with Crippen LogP contribution < -0.4 is 0 Å². The highest BCUT2D eigenvalue weighted by Crippen LogP contribution is 2.33. The van der Waals surface area contributed by atoms with E-state index in [0.717, 1.165) is 60.3 Å². The summed E-state index contributed by atoms with van der Waals surface area (Å²) in [6.45, 7) is 5.24. The van der Waals surface area contributed by atoms with Crippen LogP contribution >= 0.6 is 0 Å². The Kier molecular flexibility index (Phi) is 6.64. The smallest absolute Gasteiger partial charge is 0.337 e. The summed E-state index contributed by atoms with van der Waals surface area (Å²) < 4.78 is 4.87. The molecule has 1 fully saturated rings. The number of piperazine rings is 1. The number of methoxy groups -OCH3 is 1. The van der Waals surface area contributed by atoms with Crippen molar-refractivity contribution in [3.8, 4) is 5.88 Å². The van der Waals surface area contributed by atoms with Gasteiger partial charge in [-0.15, -0.1) is 0 Å². The molecule has 1 aliphatic rings. The average Bonchev–Trinajstić information content (AvgIpc) is 3.56. The minimum absolute atomic E-state index is 0.00776. The van der Waals surface area contributed by atoms with Crippen molar-refractivity contribution < 1.29 is 14.6 Å². The van der Waals surface area contributed by atoms with Gasteiger partial charge in [-0.05, 0) is 55.1 Å². The van der Waals surface area contributed by atoms with Gasteiger partial charge in [0.15, 0.2) is 5.88 Å². The first kappa shape index (κ1) is 24.9. The zero-order valence-corrected chi connectivity index (χ0v) is 22.1. The van der Waals surface area contributed by atoms with E-state index in [0.29, 0.717) is 22.4 Å². The van der Waals surface area contributed by atoms with Crippen molar-refractivity contribution >= 4 is 39.2 Å². The number of aromatic amines is 2. The van der Waals surface area contributed by atoms with Gasteiger partial charge in [0.2, 0.25) is 0 Å². The summed E-state index contributed by atoms with van der Waals surface area (Å²) in [6, 6.07) is 21.6. The van der Waals surface area contributed by atoms with Gasteiger partial charge in [0.25, 0.3) is 0 Å². The minimum Gasteiger partial charge on any atom is -0.494 e. The molecule has 1 saturated heterocycles. The molecule has 3 N–H and O–H groups in total. The summed E-state index contributed by atoms with van der Waals surface area (Å²) in [5.41, 5.74) is 6.19. The number of aliphatic imine (C=N–C) groups is 1. The van der Waals surface area contributed by atoms with Crippen LogP contribution in [0, 0.1) is 0 Å². The van der Waals surface area contributed by atoms with Crippen molar-refractivity contribution in [3.05, 3.63) is 95.2 Å². The molecule has 198 valence electrons. The topological polar surface area (TPSA) is 96.9 Å². The summed E-state index contributed by atoms with van der Waals surface area (Å²) in [5.74, 6) is -0.442. The molecule has 8 heteroatoms. The Labute approximate surface area is 226 Å². The highest BCUT2D eigenvalue weighted by molar-refractivity contribution is 6.22. The highest BCUT2D eigenvalue weighted by Gasteiger charge is 2.21. The van der Waals surface area contributed by atoms with Gasteiger partial charge in [-0.25, -0.2) is 9.79 Å². The number of hydrogen-bond acceptors (Lipinski definition) is 6. The van der Waals surface area contributed by atoms with E-state index in [1.165, 1.54) is 12.7 Å². The first-order valence-electron chi connectivity index (χ1n) is 13.1. The molecule has 0 aliphatic carbocycles. The molecule has 3 heterocycles. The van der Waals surface area contributed by atoms with Crippen molar-refractivity contribution in [2.75, 3.05) is 40.3 Å². The fourth-order valence-electron chi connectivity index (χ4n) is 5.20. The molecule has 0 spiro atoms. The second-order valence-corrected chi connectivity index (χ2v) is 10.1. The lowest BCUT2D eigenvalue weighted by Crippen LogP contribution is -2.43. The molecule has 2 aromatic heterocycles. The van der Waals surface area contributed by atoms with Crippen LogP contribution in [0.15, 0.2) is 77.9 Å². The van der Waals surface area contributed by atoms with Crippen LogP contribution in [-0.4, -0.2) is 76.9 Å². The zero-order valence-electron chi connectivity index (χ0n) is 22.1. The number of carbonyl (C=O) groups excluding carboxylic acids is 1. The summed E-state index contributed by atoms with van der Waals surface area (Å²) in [5, 5.41) is 12.9. The Hall–Kier alpha value is -4.40. The number of nitrogens with one attached hydrogen (secondary N) is 2. The minimum atomic E-state index is -0.434. The summed E-state index contributed by atoms with van der Waals surface area (Å²) in [6.07, 6.45) is 1.90. The maximum atomic E-state index is 12.1. The first-order valence-corrected chi connectivity index (χ1v) is 13.1. The molecular weight excluding hydrogens is 490 g/mol. The number of esters is 1. The van der Waals surface area contributed by atoms with Crippen molar-refractivity contribution in [2.24, 2.45) is 4.99 Å². The third kappa shape index (κ3) is 5.04. The van der Waals surface area contributed by atoms with E-state index in [4.69, 9.17) is 9.73 Å². The fourth-order valence-corrected chi connectivity index (χ4v) is 5.20. The number of likely N-dealkylation sites (N-methyl/N-ethyl adjacent to an activating group) is 1. The van der Waals surface area contributed by atoms with Crippen molar-refractivity contribution in [3.63, 3.8) is 0 Å². The highest BCUT2D eigenvalue weighted by atomic mass is 16.5. The fraction of sp³-hybridized carbons (Fsp3) is 0.226. The van der Waals surface area contributed by atoms with Gasteiger partial charge in [0.05, 0.1) is 29.6 Å².